The van der Waals surface area contributed by atoms with Crippen molar-refractivity contribution >= 4 is 28.1 Å². The van der Waals surface area contributed by atoms with E-state index in [2.05, 4.69) is 26.5 Å². The molecule has 0 fully saturated rings. The second-order valence-electron chi connectivity index (χ2n) is 4.74. The highest BCUT2D eigenvalue weighted by molar-refractivity contribution is 9.09. The summed E-state index contributed by atoms with van der Waals surface area (Å²) < 4.78 is 11.2. The summed E-state index contributed by atoms with van der Waals surface area (Å²) in [6.07, 6.45) is 1.57. The molecule has 1 amide bonds. The molecule has 0 aliphatic heterocycles. The largest absolute Gasteiger partial charge is 0.490 e. The van der Waals surface area contributed by atoms with Crippen LogP contribution in [-0.4, -0.2) is 30.7 Å². The first-order valence-corrected chi connectivity index (χ1v) is 8.70. The van der Waals surface area contributed by atoms with Gasteiger partial charge in [0.15, 0.2) is 11.5 Å². The van der Waals surface area contributed by atoms with Crippen LogP contribution in [-0.2, 0) is 0 Å². The molecule has 0 saturated carbocycles. The summed E-state index contributed by atoms with van der Waals surface area (Å²) in [6.45, 7) is 3.01. The lowest BCUT2D eigenvalue weighted by molar-refractivity contribution is 0.0955. The topological polar surface area (TPSA) is 59.9 Å². The van der Waals surface area contributed by atoms with Crippen molar-refractivity contribution < 1.29 is 14.3 Å². The highest BCUT2D eigenvalue weighted by Gasteiger charge is 2.06. The van der Waals surface area contributed by atoms with Crippen molar-refractivity contribution in [1.29, 1.82) is 0 Å². The third kappa shape index (κ3) is 5.38. The number of nitrogens with one attached hydrogen (secondary N) is 1. The summed E-state index contributed by atoms with van der Waals surface area (Å²) in [7, 11) is 0. The van der Waals surface area contributed by atoms with Gasteiger partial charge in [-0.2, -0.15) is 5.10 Å². The van der Waals surface area contributed by atoms with Gasteiger partial charge in [0.2, 0.25) is 0 Å². The number of ether oxygens (including phenoxy) is 2. The van der Waals surface area contributed by atoms with Crippen molar-refractivity contribution in [3.05, 3.63) is 59.7 Å². The summed E-state index contributed by atoms with van der Waals surface area (Å²) in [6, 6.07) is 14.4. The molecule has 0 heterocycles. The Morgan fingerprint density at radius 2 is 1.96 bits per heavy atom. The smallest absolute Gasteiger partial charge is 0.271 e. The number of halogens is 1. The van der Waals surface area contributed by atoms with Gasteiger partial charge in [0, 0.05) is 10.9 Å². The van der Waals surface area contributed by atoms with Gasteiger partial charge >= 0.3 is 0 Å². The Labute approximate surface area is 149 Å². The fourth-order valence-electron chi connectivity index (χ4n) is 1.96. The highest BCUT2D eigenvalue weighted by atomic mass is 79.9. The first-order valence-electron chi connectivity index (χ1n) is 7.58. The zero-order valence-electron chi connectivity index (χ0n) is 13.4. The van der Waals surface area contributed by atoms with E-state index in [1.54, 1.807) is 30.5 Å². The van der Waals surface area contributed by atoms with Crippen LogP contribution in [0.1, 0.15) is 22.8 Å². The lowest BCUT2D eigenvalue weighted by Crippen LogP contribution is -2.17. The Bertz CT molecular complexity index is 690. The molecule has 2 rings (SSSR count). The molecule has 126 valence electrons. The molecule has 2 aromatic rings. The number of nitrogens with zero attached hydrogens (tertiary/aromatic N) is 1. The predicted molar refractivity (Wildman–Crippen MR) is 98.4 cm³/mol. The number of hydrogen-bond acceptors (Lipinski definition) is 4. The van der Waals surface area contributed by atoms with E-state index in [4.69, 9.17) is 9.47 Å². The average Bonchev–Trinajstić information content (AvgIpc) is 2.62. The number of amides is 1. The van der Waals surface area contributed by atoms with Crippen LogP contribution in [0.4, 0.5) is 0 Å². The Kier molecular flexibility index (Phi) is 7.29. The number of benzene rings is 2. The third-order valence-electron chi connectivity index (χ3n) is 3.02. The molecular weight excluding hydrogens is 372 g/mol. The van der Waals surface area contributed by atoms with Gasteiger partial charge in [-0.3, -0.25) is 4.79 Å². The number of carbonyl (C=O) groups excluding carboxylic acids is 1. The molecule has 0 bridgehead atoms. The molecule has 24 heavy (non-hydrogen) atoms. The van der Waals surface area contributed by atoms with Gasteiger partial charge in [-0.15, -0.1) is 0 Å². The second kappa shape index (κ2) is 9.72. The van der Waals surface area contributed by atoms with Crippen LogP contribution in [0.2, 0.25) is 0 Å². The molecular formula is C18H19BrN2O3. The molecule has 1 N–H and O–H groups in total. The van der Waals surface area contributed by atoms with Crippen LogP contribution in [0.25, 0.3) is 0 Å². The van der Waals surface area contributed by atoms with E-state index in [0.717, 1.165) is 10.9 Å². The zero-order valence-corrected chi connectivity index (χ0v) is 15.0. The number of carbonyl (C=O) groups is 1. The van der Waals surface area contributed by atoms with Crippen molar-refractivity contribution in [3.63, 3.8) is 0 Å². The number of hydrogen-bond donors (Lipinski definition) is 1. The van der Waals surface area contributed by atoms with Crippen LogP contribution in [0.15, 0.2) is 53.6 Å². The van der Waals surface area contributed by atoms with E-state index in [1.807, 2.05) is 31.2 Å². The van der Waals surface area contributed by atoms with Crippen molar-refractivity contribution in [2.45, 2.75) is 6.92 Å². The van der Waals surface area contributed by atoms with Gasteiger partial charge in [0.1, 0.15) is 0 Å². The fourth-order valence-corrected chi connectivity index (χ4v) is 2.12. The minimum atomic E-state index is -0.255. The standard InChI is InChI=1S/C18H19BrN2O3/c1-2-23-17-12-14(8-9-16(17)24-11-10-19)13-20-21-18(22)15-6-4-3-5-7-15/h3-9,12-13H,2,10-11H2,1H3,(H,21,22)/b20-13-. The first-order chi connectivity index (χ1) is 11.7. The van der Waals surface area contributed by atoms with Crippen LogP contribution < -0.4 is 14.9 Å². The molecule has 6 heteroatoms. The SMILES string of the molecule is CCOc1cc(/C=N\NC(=O)c2ccccc2)ccc1OCCBr. The zero-order chi connectivity index (χ0) is 17.2. The maximum Gasteiger partial charge on any atom is 0.271 e. The molecule has 2 aromatic carbocycles. The van der Waals surface area contributed by atoms with Gasteiger partial charge in [-0.05, 0) is 42.8 Å². The maximum atomic E-state index is 11.9. The van der Waals surface area contributed by atoms with Crippen molar-refractivity contribution in [2.24, 2.45) is 5.10 Å². The van der Waals surface area contributed by atoms with Gasteiger partial charge in [-0.25, -0.2) is 5.43 Å². The molecule has 0 aromatic heterocycles. The summed E-state index contributed by atoms with van der Waals surface area (Å²) in [5.41, 5.74) is 3.86. The molecule has 0 aliphatic carbocycles. The molecule has 0 saturated heterocycles. The van der Waals surface area contributed by atoms with E-state index >= 15 is 0 Å². The monoisotopic (exact) mass is 390 g/mol. The Morgan fingerprint density at radius 1 is 1.17 bits per heavy atom. The molecule has 5 nitrogen and oxygen atoms in total. The van der Waals surface area contributed by atoms with Gasteiger partial charge in [0.25, 0.3) is 5.91 Å². The Morgan fingerprint density at radius 3 is 2.67 bits per heavy atom. The maximum absolute atomic E-state index is 11.9. The number of alkyl halides is 1. The molecule has 0 spiro atoms. The van der Waals surface area contributed by atoms with Crippen molar-refractivity contribution in [2.75, 3.05) is 18.5 Å². The molecule has 0 atom stereocenters. The van der Waals surface area contributed by atoms with Crippen LogP contribution in [0.3, 0.4) is 0 Å². The van der Waals surface area contributed by atoms with Crippen LogP contribution >= 0.6 is 15.9 Å². The Balaban J connectivity index is 2.03. The summed E-state index contributed by atoms with van der Waals surface area (Å²) in [4.78, 5) is 11.9. The quantitative estimate of drug-likeness (QED) is 0.425. The predicted octanol–water partition coefficient (Wildman–Crippen LogP) is 3.62. The molecule has 0 aliphatic rings. The van der Waals surface area contributed by atoms with Crippen molar-refractivity contribution in [3.8, 4) is 11.5 Å². The lowest BCUT2D eigenvalue weighted by Gasteiger charge is -2.11. The highest BCUT2D eigenvalue weighted by Crippen LogP contribution is 2.28. The van der Waals surface area contributed by atoms with Crippen molar-refractivity contribution in [1.82, 2.24) is 5.43 Å². The number of hydrazone groups is 1. The van der Waals surface area contributed by atoms with E-state index < -0.39 is 0 Å². The van der Waals surface area contributed by atoms with E-state index in [-0.39, 0.29) is 5.91 Å². The van der Waals surface area contributed by atoms with E-state index in [9.17, 15) is 4.79 Å². The molecule has 0 radical (unpaired) electrons. The van der Waals surface area contributed by atoms with Gasteiger partial charge in [0.05, 0.1) is 19.4 Å². The van der Waals surface area contributed by atoms with Gasteiger partial charge in [-0.1, -0.05) is 34.1 Å². The van der Waals surface area contributed by atoms with Crippen LogP contribution in [0, 0.1) is 0 Å². The van der Waals surface area contributed by atoms with Gasteiger partial charge < -0.3 is 9.47 Å². The molecule has 0 unspecified atom stereocenters. The minimum Gasteiger partial charge on any atom is -0.490 e. The minimum absolute atomic E-state index is 0.255. The lowest BCUT2D eigenvalue weighted by atomic mass is 10.2. The Hall–Kier alpha value is -2.34. The van der Waals surface area contributed by atoms with E-state index in [1.165, 1.54) is 0 Å². The second-order valence-corrected chi connectivity index (χ2v) is 5.53. The number of rotatable bonds is 8. The third-order valence-corrected chi connectivity index (χ3v) is 3.34. The van der Waals surface area contributed by atoms with Crippen LogP contribution in [0.5, 0.6) is 11.5 Å². The fraction of sp³-hybridized carbons (Fsp3) is 0.222. The summed E-state index contributed by atoms with van der Waals surface area (Å²) in [5.74, 6) is 1.08. The summed E-state index contributed by atoms with van der Waals surface area (Å²) in [5, 5.41) is 4.73. The summed E-state index contributed by atoms with van der Waals surface area (Å²) >= 11 is 3.32. The normalized spacial score (nSPS) is 10.6. The average molecular weight is 391 g/mol. The first kappa shape index (κ1) is 18.0. The van der Waals surface area contributed by atoms with E-state index in [0.29, 0.717) is 30.3 Å².